The highest BCUT2D eigenvalue weighted by Gasteiger charge is 2.61. The van der Waals surface area contributed by atoms with Gasteiger partial charge in [-0.2, -0.15) is 0 Å². The van der Waals surface area contributed by atoms with E-state index in [-0.39, 0.29) is 52.9 Å². The van der Waals surface area contributed by atoms with Crippen molar-refractivity contribution in [3.8, 4) is 0 Å². The van der Waals surface area contributed by atoms with Crippen LogP contribution in [0.3, 0.4) is 0 Å². The molecule has 7 aromatic rings. The average Bonchev–Trinajstić information content (AvgIpc) is 0.757. The molecule has 10 rings (SSSR count). The summed E-state index contributed by atoms with van der Waals surface area (Å²) in [5.74, 6) is -8.23. The van der Waals surface area contributed by atoms with Crippen LogP contribution >= 0.6 is 0 Å². The summed E-state index contributed by atoms with van der Waals surface area (Å²) in [5.41, 5.74) is 5.69. The Balaban J connectivity index is 1.14. The topological polar surface area (TPSA) is 271 Å². The minimum Gasteiger partial charge on any atom is -0.465 e. The standard InChI is InChI=1S/C81H91NO23/c1-53(83)82-69-65(99-55(3)85)42-81(80(88)89-6,105-73(69)71(101-57(5)87)67(100-56(4)86)51-91-54(2)84)98-52-68-70(92-44-59-30-16-8-17-31-59)74(93-45-60-32-18-9-19-33-60)77(96-48-63-38-24-12-25-39-63)79(103-68)104-72-66(50-90-43-58-28-14-7-15-29-58)102-78(97-49-64-40-26-13-27-41-64)76(95-47-62-36-22-11-23-37-62)75(72)94-46-61-34-20-10-21-35-61/h7-41,65-79H,42-52H2,1-6H3,(H,82,83)/t65-,66+,67+,68+,69+,70-,71+,72+,73+,74-,75-,76+,77+,78+,79-,81+/m0/s1. The van der Waals surface area contributed by atoms with E-state index in [4.69, 9.17) is 80.5 Å². The molecule has 105 heavy (non-hydrogen) atoms. The normalized spacial score (nSPS) is 25.0. The third-order valence-corrected chi connectivity index (χ3v) is 17.5. The van der Waals surface area contributed by atoms with Gasteiger partial charge in [0.1, 0.15) is 67.6 Å². The van der Waals surface area contributed by atoms with Crippen molar-refractivity contribution in [3.63, 3.8) is 0 Å². The van der Waals surface area contributed by atoms with E-state index in [1.165, 1.54) is 6.92 Å². The van der Waals surface area contributed by atoms with Gasteiger partial charge in [0, 0.05) is 34.6 Å². The van der Waals surface area contributed by atoms with E-state index in [2.05, 4.69) is 5.32 Å². The van der Waals surface area contributed by atoms with Crippen molar-refractivity contribution in [3.05, 3.63) is 251 Å². The maximum atomic E-state index is 15.2. The zero-order chi connectivity index (χ0) is 73.9. The second-order valence-corrected chi connectivity index (χ2v) is 25.5. The predicted molar refractivity (Wildman–Crippen MR) is 376 cm³/mol. The van der Waals surface area contributed by atoms with E-state index in [1.807, 2.05) is 212 Å². The fourth-order valence-corrected chi connectivity index (χ4v) is 12.7. The first-order chi connectivity index (χ1) is 51.0. The zero-order valence-corrected chi connectivity index (χ0v) is 59.5. The molecule has 1 amide bonds. The predicted octanol–water partition coefficient (Wildman–Crippen LogP) is 9.72. The Morgan fingerprint density at radius 3 is 1.25 bits per heavy atom. The van der Waals surface area contributed by atoms with Crippen LogP contribution in [0.25, 0.3) is 0 Å². The van der Waals surface area contributed by atoms with Gasteiger partial charge in [0.25, 0.3) is 5.79 Å². The number of amides is 1. The van der Waals surface area contributed by atoms with Gasteiger partial charge in [-0.1, -0.05) is 212 Å². The number of methoxy groups -OCH3 is 1. The second-order valence-electron chi connectivity index (χ2n) is 25.5. The van der Waals surface area contributed by atoms with E-state index < -0.39 is 153 Å². The van der Waals surface area contributed by atoms with Gasteiger partial charge in [0.15, 0.2) is 24.8 Å². The molecule has 558 valence electrons. The number of carbonyl (C=O) groups is 6. The highest BCUT2D eigenvalue weighted by atomic mass is 16.8. The molecule has 0 spiro atoms. The van der Waals surface area contributed by atoms with Crippen LogP contribution in [0.1, 0.15) is 80.0 Å². The molecule has 3 aliphatic rings. The smallest absolute Gasteiger partial charge is 0.366 e. The fourth-order valence-electron chi connectivity index (χ4n) is 12.7. The Hall–Kier alpha value is -9.12. The van der Waals surface area contributed by atoms with E-state index >= 15 is 4.79 Å². The summed E-state index contributed by atoms with van der Waals surface area (Å²) in [6, 6.07) is 65.3. The Morgan fingerprint density at radius 1 is 0.438 bits per heavy atom. The first kappa shape index (κ1) is 78.5. The van der Waals surface area contributed by atoms with Crippen LogP contribution in [-0.4, -0.2) is 160 Å². The van der Waals surface area contributed by atoms with Gasteiger partial charge >= 0.3 is 29.8 Å². The number of esters is 5. The SMILES string of the molecule is COC(=O)[C@@]1(OC[C@H]2O[C@@H](O[C@H]3[C@H](OCc4ccccc4)[C@@H](OCc4ccccc4)[C@H](OCc4ccccc4)O[C@@H]3COCc3ccccc3)[C@H](OCc3ccccc3)[C@@H](OCc3ccccc3)[C@H]2OCc2ccccc2)C[C@H](OC(C)=O)[C@@H](NC(C)=O)[C@H]([C@H](OC(C)=O)[C@@H](COC(C)=O)OC(C)=O)O1. The Labute approximate surface area is 610 Å². The summed E-state index contributed by atoms with van der Waals surface area (Å²) in [4.78, 5) is 80.6. The maximum Gasteiger partial charge on any atom is 0.366 e. The molecule has 0 radical (unpaired) electrons. The maximum absolute atomic E-state index is 15.2. The van der Waals surface area contributed by atoms with Crippen LogP contribution in [0.15, 0.2) is 212 Å². The minimum atomic E-state index is -2.73. The quantitative estimate of drug-likeness (QED) is 0.0282. The third-order valence-electron chi connectivity index (χ3n) is 17.5. The lowest BCUT2D eigenvalue weighted by atomic mass is 9.87. The lowest BCUT2D eigenvalue weighted by Gasteiger charge is -2.51. The summed E-state index contributed by atoms with van der Waals surface area (Å²) in [5, 5.41) is 2.72. The van der Waals surface area contributed by atoms with Crippen molar-refractivity contribution in [1.29, 1.82) is 0 Å². The van der Waals surface area contributed by atoms with Crippen molar-refractivity contribution in [2.24, 2.45) is 0 Å². The number of hydrogen-bond donors (Lipinski definition) is 1. The van der Waals surface area contributed by atoms with Gasteiger partial charge in [0.2, 0.25) is 5.91 Å². The van der Waals surface area contributed by atoms with Gasteiger partial charge in [0.05, 0.1) is 79.0 Å². The minimum absolute atomic E-state index is 0.0214. The lowest BCUT2D eigenvalue weighted by molar-refractivity contribution is -0.383. The van der Waals surface area contributed by atoms with Crippen LogP contribution in [0.5, 0.6) is 0 Å². The van der Waals surface area contributed by atoms with Crippen LogP contribution in [0.4, 0.5) is 0 Å². The summed E-state index contributed by atoms with van der Waals surface area (Å²) >= 11 is 0. The molecule has 3 heterocycles. The molecule has 0 aromatic heterocycles. The van der Waals surface area contributed by atoms with Crippen molar-refractivity contribution in [2.45, 2.75) is 185 Å². The molecule has 1 N–H and O–H groups in total. The number of hydrogen-bond acceptors (Lipinski definition) is 23. The van der Waals surface area contributed by atoms with Gasteiger partial charge in [-0.05, 0) is 38.9 Å². The molecule has 0 unspecified atom stereocenters. The van der Waals surface area contributed by atoms with Gasteiger partial charge in [-0.15, -0.1) is 0 Å². The van der Waals surface area contributed by atoms with Crippen molar-refractivity contribution in [2.75, 3.05) is 26.9 Å². The Morgan fingerprint density at radius 2 is 0.829 bits per heavy atom. The van der Waals surface area contributed by atoms with Gasteiger partial charge in [-0.25, -0.2) is 4.79 Å². The fraction of sp³-hybridized carbons (Fsp3) is 0.407. The summed E-state index contributed by atoms with van der Waals surface area (Å²) < 4.78 is 114. The highest BCUT2D eigenvalue weighted by molar-refractivity contribution is 5.79. The van der Waals surface area contributed by atoms with Crippen molar-refractivity contribution in [1.82, 2.24) is 5.32 Å². The Bertz CT molecular complexity index is 3790. The van der Waals surface area contributed by atoms with Crippen LogP contribution in [0, 0.1) is 0 Å². The molecular formula is C81H91NO23. The molecular weight excluding hydrogens is 1350 g/mol. The van der Waals surface area contributed by atoms with Crippen LogP contribution in [0.2, 0.25) is 0 Å². The molecule has 24 nitrogen and oxygen atoms in total. The third kappa shape index (κ3) is 23.2. The molecule has 0 saturated carbocycles. The lowest BCUT2D eigenvalue weighted by Crippen LogP contribution is -2.70. The zero-order valence-electron chi connectivity index (χ0n) is 59.5. The number of benzene rings is 7. The highest BCUT2D eigenvalue weighted by Crippen LogP contribution is 2.41. The first-order valence-electron chi connectivity index (χ1n) is 34.8. The monoisotopic (exact) mass is 1450 g/mol. The second kappa shape index (κ2) is 39.8. The number of nitrogens with one attached hydrogen (secondary N) is 1. The Kier molecular flexibility index (Phi) is 29.8. The molecule has 24 heteroatoms. The first-order valence-corrected chi connectivity index (χ1v) is 34.8. The molecule has 0 bridgehead atoms. The average molecular weight is 1450 g/mol. The molecule has 3 fully saturated rings. The van der Waals surface area contributed by atoms with E-state index in [9.17, 15) is 24.0 Å². The molecule has 3 saturated heterocycles. The van der Waals surface area contributed by atoms with E-state index in [1.54, 1.807) is 0 Å². The van der Waals surface area contributed by atoms with E-state index in [0.29, 0.717) is 0 Å². The van der Waals surface area contributed by atoms with Crippen LogP contribution < -0.4 is 5.32 Å². The molecule has 16 atom stereocenters. The number of rotatable bonds is 36. The summed E-state index contributed by atoms with van der Waals surface area (Å²) in [7, 11) is 1.06. The summed E-state index contributed by atoms with van der Waals surface area (Å²) in [6.45, 7) is 4.23. The molecule has 7 aromatic carbocycles. The largest absolute Gasteiger partial charge is 0.465 e. The molecule has 3 aliphatic heterocycles. The van der Waals surface area contributed by atoms with Crippen molar-refractivity contribution >= 4 is 35.8 Å². The number of carbonyl (C=O) groups excluding carboxylic acids is 6. The van der Waals surface area contributed by atoms with Gasteiger partial charge < -0.3 is 85.8 Å². The van der Waals surface area contributed by atoms with Crippen molar-refractivity contribution < 1.29 is 109 Å². The number of ether oxygens (including phenoxy) is 17. The van der Waals surface area contributed by atoms with Crippen LogP contribution in [-0.2, 0) is 156 Å². The van der Waals surface area contributed by atoms with E-state index in [0.717, 1.165) is 73.7 Å². The van der Waals surface area contributed by atoms with Gasteiger partial charge in [-0.3, -0.25) is 24.0 Å². The summed E-state index contributed by atoms with van der Waals surface area (Å²) in [6.07, 6.45) is -19.9. The molecule has 0 aliphatic carbocycles.